The zero-order valence-electron chi connectivity index (χ0n) is 14.1. The van der Waals surface area contributed by atoms with E-state index in [0.717, 1.165) is 26.1 Å². The van der Waals surface area contributed by atoms with Gasteiger partial charge in [0.1, 0.15) is 0 Å². The van der Waals surface area contributed by atoms with Crippen molar-refractivity contribution < 1.29 is 17.9 Å². The van der Waals surface area contributed by atoms with Crippen molar-refractivity contribution in [3.8, 4) is 0 Å². The molecule has 134 valence electrons. The van der Waals surface area contributed by atoms with E-state index in [2.05, 4.69) is 4.90 Å². The van der Waals surface area contributed by atoms with Crippen molar-refractivity contribution in [3.63, 3.8) is 0 Å². The summed E-state index contributed by atoms with van der Waals surface area (Å²) in [6.45, 7) is 5.08. The van der Waals surface area contributed by atoms with Crippen LogP contribution in [-0.4, -0.2) is 76.8 Å². The van der Waals surface area contributed by atoms with Gasteiger partial charge >= 0.3 is 0 Å². The molecule has 2 aliphatic rings. The molecule has 0 aromatic heterocycles. The molecule has 2 aliphatic heterocycles. The van der Waals surface area contributed by atoms with Gasteiger partial charge in [0, 0.05) is 45.8 Å². The van der Waals surface area contributed by atoms with Crippen molar-refractivity contribution in [3.05, 3.63) is 30.3 Å². The number of sulfonamides is 1. The Hall–Kier alpha value is -0.990. The fraction of sp³-hybridized carbons (Fsp3) is 0.647. The second-order valence-electron chi connectivity index (χ2n) is 6.43. The van der Waals surface area contributed by atoms with Gasteiger partial charge in [-0.1, -0.05) is 18.2 Å². The number of ether oxygens (including phenoxy) is 2. The first-order valence-electron chi connectivity index (χ1n) is 8.49. The molecule has 0 radical (unpaired) electrons. The summed E-state index contributed by atoms with van der Waals surface area (Å²) in [5, 5.41) is 0. The molecule has 0 saturated carbocycles. The summed E-state index contributed by atoms with van der Waals surface area (Å²) in [5.74, 6) is 0.381. The van der Waals surface area contributed by atoms with Crippen LogP contribution in [-0.2, 0) is 19.5 Å². The summed E-state index contributed by atoms with van der Waals surface area (Å²) in [7, 11) is -1.72. The molecular formula is C17H26N2O4S. The third-order valence-corrected chi connectivity index (χ3v) is 6.76. The second kappa shape index (κ2) is 7.93. The van der Waals surface area contributed by atoms with Crippen LogP contribution in [0.4, 0.5) is 0 Å². The maximum absolute atomic E-state index is 12.8. The molecule has 1 aromatic rings. The summed E-state index contributed by atoms with van der Waals surface area (Å²) in [4.78, 5) is 2.72. The Labute approximate surface area is 144 Å². The monoisotopic (exact) mass is 354 g/mol. The number of methoxy groups -OCH3 is 1. The van der Waals surface area contributed by atoms with Crippen molar-refractivity contribution in [2.24, 2.45) is 5.92 Å². The minimum absolute atomic E-state index is 0.0233. The molecule has 3 rings (SSSR count). The number of hydrogen-bond acceptors (Lipinski definition) is 5. The Morgan fingerprint density at radius 2 is 2.00 bits per heavy atom. The molecule has 0 spiro atoms. The van der Waals surface area contributed by atoms with Crippen LogP contribution in [0, 0.1) is 5.92 Å². The van der Waals surface area contributed by atoms with E-state index in [1.165, 1.54) is 0 Å². The van der Waals surface area contributed by atoms with Gasteiger partial charge in [-0.25, -0.2) is 8.42 Å². The van der Waals surface area contributed by atoms with Crippen LogP contribution in [0.15, 0.2) is 35.2 Å². The van der Waals surface area contributed by atoms with Gasteiger partial charge < -0.3 is 9.47 Å². The predicted octanol–water partition coefficient (Wildman–Crippen LogP) is 1.04. The van der Waals surface area contributed by atoms with Gasteiger partial charge in [0.2, 0.25) is 10.0 Å². The molecule has 0 aliphatic carbocycles. The maximum atomic E-state index is 12.8. The number of benzene rings is 1. The van der Waals surface area contributed by atoms with E-state index in [4.69, 9.17) is 9.47 Å². The van der Waals surface area contributed by atoms with E-state index in [9.17, 15) is 8.42 Å². The van der Waals surface area contributed by atoms with E-state index < -0.39 is 10.0 Å². The van der Waals surface area contributed by atoms with Crippen LogP contribution in [0.5, 0.6) is 0 Å². The molecule has 7 heteroatoms. The van der Waals surface area contributed by atoms with Crippen molar-refractivity contribution in [1.29, 1.82) is 0 Å². The molecular weight excluding hydrogens is 328 g/mol. The standard InChI is InChI=1S/C17H26N2O4S/c1-22-11-9-18-10-12-23-17-14-19(8-7-15(17)13-18)24(20,21)16-5-3-2-4-6-16/h2-6,15,17H,7-14H2,1H3/t15-,17+/m1/s1. The zero-order chi connectivity index (χ0) is 17.0. The quantitative estimate of drug-likeness (QED) is 0.791. The molecule has 24 heavy (non-hydrogen) atoms. The van der Waals surface area contributed by atoms with Crippen LogP contribution in [0.2, 0.25) is 0 Å². The third kappa shape index (κ3) is 3.97. The molecule has 0 bridgehead atoms. The molecule has 2 fully saturated rings. The Bertz CT molecular complexity index is 623. The van der Waals surface area contributed by atoms with Crippen LogP contribution < -0.4 is 0 Å². The molecule has 2 heterocycles. The van der Waals surface area contributed by atoms with Crippen LogP contribution in [0.1, 0.15) is 6.42 Å². The number of fused-ring (bicyclic) bond motifs is 1. The van der Waals surface area contributed by atoms with Crippen molar-refractivity contribution >= 4 is 10.0 Å². The normalized spacial score (nSPS) is 26.7. The van der Waals surface area contributed by atoms with Gasteiger partial charge in [-0.3, -0.25) is 4.90 Å². The molecule has 0 N–H and O–H groups in total. The SMILES string of the molecule is COCCN1CCO[C@H]2CN(S(=O)(=O)c3ccccc3)CC[C@@H]2C1. The van der Waals surface area contributed by atoms with Gasteiger partial charge in [-0.05, 0) is 18.6 Å². The highest BCUT2D eigenvalue weighted by Gasteiger charge is 2.37. The smallest absolute Gasteiger partial charge is 0.243 e. The predicted molar refractivity (Wildman–Crippen MR) is 91.4 cm³/mol. The molecule has 2 atom stereocenters. The van der Waals surface area contributed by atoms with Gasteiger partial charge in [-0.2, -0.15) is 4.31 Å². The summed E-state index contributed by atoms with van der Waals surface area (Å²) >= 11 is 0. The molecule has 6 nitrogen and oxygen atoms in total. The third-order valence-electron chi connectivity index (χ3n) is 4.88. The fourth-order valence-electron chi connectivity index (χ4n) is 3.47. The molecule has 2 saturated heterocycles. The molecule has 0 amide bonds. The Balaban J connectivity index is 1.67. The summed E-state index contributed by atoms with van der Waals surface area (Å²) in [6, 6.07) is 8.66. The topological polar surface area (TPSA) is 59.1 Å². The van der Waals surface area contributed by atoms with E-state index >= 15 is 0 Å². The largest absolute Gasteiger partial charge is 0.383 e. The Morgan fingerprint density at radius 3 is 2.75 bits per heavy atom. The Kier molecular flexibility index (Phi) is 5.89. The minimum atomic E-state index is -3.43. The van der Waals surface area contributed by atoms with Gasteiger partial charge in [-0.15, -0.1) is 0 Å². The summed E-state index contributed by atoms with van der Waals surface area (Å²) < 4.78 is 38.3. The van der Waals surface area contributed by atoms with Gasteiger partial charge in [0.25, 0.3) is 0 Å². The Morgan fingerprint density at radius 1 is 1.21 bits per heavy atom. The first kappa shape index (κ1) is 17.8. The summed E-state index contributed by atoms with van der Waals surface area (Å²) in [6.07, 6.45) is 0.810. The maximum Gasteiger partial charge on any atom is 0.243 e. The minimum Gasteiger partial charge on any atom is -0.383 e. The average molecular weight is 354 g/mol. The van der Waals surface area contributed by atoms with Gasteiger partial charge in [0.15, 0.2) is 0 Å². The van der Waals surface area contributed by atoms with Crippen LogP contribution >= 0.6 is 0 Å². The van der Waals surface area contributed by atoms with Gasteiger partial charge in [0.05, 0.1) is 24.2 Å². The number of rotatable bonds is 5. The average Bonchev–Trinajstić information content (AvgIpc) is 2.81. The molecule has 0 unspecified atom stereocenters. The lowest BCUT2D eigenvalue weighted by Gasteiger charge is -2.37. The van der Waals surface area contributed by atoms with Crippen molar-refractivity contribution in [2.75, 3.05) is 53.0 Å². The van der Waals surface area contributed by atoms with Crippen molar-refractivity contribution in [1.82, 2.24) is 9.21 Å². The van der Waals surface area contributed by atoms with Crippen LogP contribution in [0.3, 0.4) is 0 Å². The van der Waals surface area contributed by atoms with Crippen LogP contribution in [0.25, 0.3) is 0 Å². The number of piperidine rings is 1. The first-order valence-corrected chi connectivity index (χ1v) is 9.93. The highest BCUT2D eigenvalue weighted by Crippen LogP contribution is 2.27. The lowest BCUT2D eigenvalue weighted by molar-refractivity contribution is -0.00192. The molecule has 1 aromatic carbocycles. The highest BCUT2D eigenvalue weighted by molar-refractivity contribution is 7.89. The lowest BCUT2D eigenvalue weighted by Crippen LogP contribution is -2.49. The van der Waals surface area contributed by atoms with E-state index in [-0.39, 0.29) is 6.10 Å². The fourth-order valence-corrected chi connectivity index (χ4v) is 4.96. The highest BCUT2D eigenvalue weighted by atomic mass is 32.2. The van der Waals surface area contributed by atoms with E-state index in [0.29, 0.717) is 37.1 Å². The summed E-state index contributed by atoms with van der Waals surface area (Å²) in [5.41, 5.74) is 0. The zero-order valence-corrected chi connectivity index (χ0v) is 15.0. The lowest BCUT2D eigenvalue weighted by atomic mass is 9.94. The first-order chi connectivity index (χ1) is 11.6. The van der Waals surface area contributed by atoms with E-state index in [1.54, 1.807) is 35.7 Å². The number of hydrogen-bond donors (Lipinski definition) is 0. The van der Waals surface area contributed by atoms with E-state index in [1.807, 2.05) is 6.07 Å². The number of nitrogens with zero attached hydrogens (tertiary/aromatic N) is 2. The second-order valence-corrected chi connectivity index (χ2v) is 8.37. The van der Waals surface area contributed by atoms with Crippen molar-refractivity contribution in [2.45, 2.75) is 17.4 Å².